The minimum Gasteiger partial charge on any atom is -0.497 e. The summed E-state index contributed by atoms with van der Waals surface area (Å²) >= 11 is 0. The Morgan fingerprint density at radius 3 is 2.44 bits per heavy atom. The summed E-state index contributed by atoms with van der Waals surface area (Å²) in [4.78, 5) is 10.9. The second-order valence-electron chi connectivity index (χ2n) is 5.96. The smallest absolute Gasteiger partial charge is 0.222 e. The largest absolute Gasteiger partial charge is 0.497 e. The first kappa shape index (κ1) is 17.0. The molecule has 25 heavy (non-hydrogen) atoms. The summed E-state index contributed by atoms with van der Waals surface area (Å²) in [7, 11) is 3.62. The van der Waals surface area contributed by atoms with Crippen LogP contribution in [0, 0.1) is 6.92 Å². The summed E-state index contributed by atoms with van der Waals surface area (Å²) in [6.45, 7) is 2.65. The third-order valence-corrected chi connectivity index (χ3v) is 4.38. The molecule has 1 heterocycles. The van der Waals surface area contributed by atoms with Gasteiger partial charge in [0, 0.05) is 18.1 Å². The number of hydrogen-bond acceptors (Lipinski definition) is 6. The Hall–Kier alpha value is -2.86. The molecule has 0 spiro atoms. The molecule has 0 fully saturated rings. The van der Waals surface area contributed by atoms with Crippen LogP contribution in [0.2, 0.25) is 0 Å². The van der Waals surface area contributed by atoms with E-state index in [-0.39, 0.29) is 5.95 Å². The highest BCUT2D eigenvalue weighted by molar-refractivity contribution is 5.95. The number of nitrogens with zero attached hydrogens (tertiary/aromatic N) is 3. The monoisotopic (exact) mass is 337 g/mol. The van der Waals surface area contributed by atoms with Gasteiger partial charge in [-0.15, -0.1) is 0 Å². The molecule has 130 valence electrons. The first-order valence-corrected chi connectivity index (χ1v) is 8.18. The average Bonchev–Trinajstić information content (AvgIpc) is 2.63. The third kappa shape index (κ3) is 3.21. The van der Waals surface area contributed by atoms with Gasteiger partial charge in [-0.2, -0.15) is 4.98 Å². The molecule has 3 rings (SSSR count). The molecule has 0 bridgehead atoms. The minimum atomic E-state index is 0.255. The highest BCUT2D eigenvalue weighted by Gasteiger charge is 2.17. The van der Waals surface area contributed by atoms with Crippen molar-refractivity contribution in [1.29, 1.82) is 0 Å². The number of fused-ring (bicyclic) bond motifs is 1. The van der Waals surface area contributed by atoms with Gasteiger partial charge in [0.25, 0.3) is 0 Å². The van der Waals surface area contributed by atoms with E-state index in [4.69, 9.17) is 16.2 Å². The fourth-order valence-corrected chi connectivity index (χ4v) is 3.03. The molecule has 0 atom stereocenters. The van der Waals surface area contributed by atoms with Crippen molar-refractivity contribution >= 4 is 28.4 Å². The molecule has 3 aromatic rings. The van der Waals surface area contributed by atoms with Gasteiger partial charge in [-0.25, -0.2) is 4.98 Å². The fourth-order valence-electron chi connectivity index (χ4n) is 3.03. The molecule has 6 heteroatoms. The molecule has 0 saturated carbocycles. The van der Waals surface area contributed by atoms with Crippen LogP contribution in [0.15, 0.2) is 36.4 Å². The van der Waals surface area contributed by atoms with Crippen molar-refractivity contribution in [3.05, 3.63) is 47.5 Å². The molecular formula is C19H23N5O. The Bertz CT molecular complexity index is 892. The highest BCUT2D eigenvalue weighted by Crippen LogP contribution is 2.33. The van der Waals surface area contributed by atoms with Crippen LogP contribution in [0.5, 0.6) is 5.75 Å². The van der Waals surface area contributed by atoms with Crippen LogP contribution in [0.25, 0.3) is 10.9 Å². The molecule has 0 amide bonds. The molecule has 1 aromatic heterocycles. The number of benzene rings is 2. The third-order valence-electron chi connectivity index (χ3n) is 4.38. The number of ether oxygens (including phenoxy) is 1. The van der Waals surface area contributed by atoms with E-state index in [0.717, 1.165) is 40.1 Å². The summed E-state index contributed by atoms with van der Waals surface area (Å²) < 4.78 is 5.23. The van der Waals surface area contributed by atoms with Crippen LogP contribution in [-0.4, -0.2) is 30.7 Å². The molecule has 0 unspecified atom stereocenters. The number of hydrogen-bond donors (Lipinski definition) is 2. The van der Waals surface area contributed by atoms with Crippen molar-refractivity contribution in [3.63, 3.8) is 0 Å². The van der Waals surface area contributed by atoms with E-state index in [1.807, 2.05) is 42.3 Å². The number of nitrogen functional groups attached to an aromatic ring is 1. The predicted molar refractivity (Wildman–Crippen MR) is 103 cm³/mol. The van der Waals surface area contributed by atoms with Crippen molar-refractivity contribution < 1.29 is 4.74 Å². The lowest BCUT2D eigenvalue weighted by atomic mass is 9.99. The number of nitrogens with two attached hydrogens (primary N) is 2. The molecule has 0 saturated heterocycles. The van der Waals surface area contributed by atoms with Crippen LogP contribution in [0.3, 0.4) is 0 Å². The van der Waals surface area contributed by atoms with Gasteiger partial charge in [0.2, 0.25) is 5.95 Å². The lowest BCUT2D eigenvalue weighted by Crippen LogP contribution is -2.15. The number of rotatable bonds is 5. The number of aromatic nitrogens is 2. The number of anilines is 3. The standard InChI is InChI=1S/C19H23N5O/c1-12-4-9-16-17(15(12)10-11-20)18(23-19(21)22-16)24(2)13-5-7-14(25-3)8-6-13/h4-9H,10-11,20H2,1-3H3,(H2,21,22,23). The molecule has 0 aliphatic heterocycles. The van der Waals surface area contributed by atoms with Crippen LogP contribution in [0.1, 0.15) is 11.1 Å². The Labute approximate surface area is 147 Å². The van der Waals surface area contributed by atoms with E-state index in [2.05, 4.69) is 23.0 Å². The zero-order chi connectivity index (χ0) is 18.0. The van der Waals surface area contributed by atoms with Crippen LogP contribution in [-0.2, 0) is 6.42 Å². The minimum absolute atomic E-state index is 0.255. The second-order valence-corrected chi connectivity index (χ2v) is 5.96. The summed E-state index contributed by atoms with van der Waals surface area (Å²) in [5.74, 6) is 1.84. The SMILES string of the molecule is COc1ccc(N(C)c2nc(N)nc3ccc(C)c(CCN)c23)cc1. The van der Waals surface area contributed by atoms with E-state index >= 15 is 0 Å². The first-order chi connectivity index (χ1) is 12.0. The zero-order valence-electron chi connectivity index (χ0n) is 14.8. The molecule has 0 radical (unpaired) electrons. The van der Waals surface area contributed by atoms with Crippen LogP contribution in [0.4, 0.5) is 17.5 Å². The lowest BCUT2D eigenvalue weighted by Gasteiger charge is -2.22. The first-order valence-electron chi connectivity index (χ1n) is 8.18. The Balaban J connectivity index is 2.20. The van der Waals surface area contributed by atoms with E-state index in [1.54, 1.807) is 7.11 Å². The molecular weight excluding hydrogens is 314 g/mol. The summed E-state index contributed by atoms with van der Waals surface area (Å²) in [6.07, 6.45) is 0.764. The zero-order valence-corrected chi connectivity index (χ0v) is 14.8. The van der Waals surface area contributed by atoms with Crippen molar-refractivity contribution in [1.82, 2.24) is 9.97 Å². The molecule has 0 aliphatic rings. The number of aryl methyl sites for hydroxylation is 1. The Morgan fingerprint density at radius 1 is 1.08 bits per heavy atom. The van der Waals surface area contributed by atoms with Crippen LogP contribution >= 0.6 is 0 Å². The van der Waals surface area contributed by atoms with Gasteiger partial charge >= 0.3 is 0 Å². The van der Waals surface area contributed by atoms with Crippen molar-refractivity contribution in [2.75, 3.05) is 31.3 Å². The van der Waals surface area contributed by atoms with Crippen molar-refractivity contribution in [2.24, 2.45) is 5.73 Å². The molecule has 6 nitrogen and oxygen atoms in total. The summed E-state index contributed by atoms with van der Waals surface area (Å²) in [5, 5.41) is 0.998. The van der Waals surface area contributed by atoms with Gasteiger partial charge < -0.3 is 21.1 Å². The van der Waals surface area contributed by atoms with Crippen LogP contribution < -0.4 is 21.1 Å². The molecule has 0 aliphatic carbocycles. The maximum Gasteiger partial charge on any atom is 0.222 e. The van der Waals surface area contributed by atoms with Gasteiger partial charge in [0.15, 0.2) is 0 Å². The van der Waals surface area contributed by atoms with E-state index in [1.165, 1.54) is 5.56 Å². The van der Waals surface area contributed by atoms with Gasteiger partial charge in [0.1, 0.15) is 11.6 Å². The quantitative estimate of drug-likeness (QED) is 0.744. The molecule has 4 N–H and O–H groups in total. The topological polar surface area (TPSA) is 90.3 Å². The summed E-state index contributed by atoms with van der Waals surface area (Å²) in [6, 6.07) is 11.9. The molecule has 2 aromatic carbocycles. The van der Waals surface area contributed by atoms with E-state index < -0.39 is 0 Å². The summed E-state index contributed by atoms with van der Waals surface area (Å²) in [5.41, 5.74) is 15.9. The highest BCUT2D eigenvalue weighted by atomic mass is 16.5. The number of methoxy groups -OCH3 is 1. The van der Waals surface area contributed by atoms with Crippen molar-refractivity contribution in [2.45, 2.75) is 13.3 Å². The maximum absolute atomic E-state index is 5.95. The van der Waals surface area contributed by atoms with E-state index in [9.17, 15) is 0 Å². The van der Waals surface area contributed by atoms with E-state index in [0.29, 0.717) is 6.54 Å². The van der Waals surface area contributed by atoms with Gasteiger partial charge in [-0.3, -0.25) is 0 Å². The predicted octanol–water partition coefficient (Wildman–Crippen LogP) is 2.80. The van der Waals surface area contributed by atoms with Gasteiger partial charge in [-0.05, 0) is 61.3 Å². The average molecular weight is 337 g/mol. The van der Waals surface area contributed by atoms with Gasteiger partial charge in [-0.1, -0.05) is 6.07 Å². The van der Waals surface area contributed by atoms with Gasteiger partial charge in [0.05, 0.1) is 12.6 Å². The fraction of sp³-hybridized carbons (Fsp3) is 0.263. The Kier molecular flexibility index (Phi) is 4.72. The Morgan fingerprint density at radius 2 is 1.80 bits per heavy atom. The maximum atomic E-state index is 5.95. The normalized spacial score (nSPS) is 10.9. The lowest BCUT2D eigenvalue weighted by molar-refractivity contribution is 0.415. The van der Waals surface area contributed by atoms with Crippen molar-refractivity contribution in [3.8, 4) is 5.75 Å². The second kappa shape index (κ2) is 6.94.